The highest BCUT2D eigenvalue weighted by atomic mass is 32.1. The van der Waals surface area contributed by atoms with Crippen molar-refractivity contribution in [2.45, 2.75) is 18.9 Å². The molecule has 1 heterocycles. The summed E-state index contributed by atoms with van der Waals surface area (Å²) >= 11 is 5.01. The number of hydrogen-bond donors (Lipinski definition) is 2. The van der Waals surface area contributed by atoms with Crippen LogP contribution in [0, 0.1) is 0 Å². The molecule has 0 aromatic carbocycles. The average Bonchev–Trinajstić information content (AvgIpc) is 3.03. The van der Waals surface area contributed by atoms with E-state index in [2.05, 4.69) is 25.3 Å². The first kappa shape index (κ1) is 17.6. The lowest BCUT2D eigenvalue weighted by Crippen LogP contribution is -2.45. The van der Waals surface area contributed by atoms with Crippen LogP contribution in [-0.4, -0.2) is 43.5 Å². The second-order valence-electron chi connectivity index (χ2n) is 4.05. The zero-order chi connectivity index (χ0) is 16.4. The first-order valence-corrected chi connectivity index (χ1v) is 6.75. The van der Waals surface area contributed by atoms with E-state index >= 15 is 0 Å². The number of carbonyl (C=O) groups excluding carboxylic acids is 2. The fourth-order valence-corrected chi connectivity index (χ4v) is 1.66. The van der Waals surface area contributed by atoms with Gasteiger partial charge in [0.05, 0.1) is 26.7 Å². The van der Waals surface area contributed by atoms with Crippen LogP contribution in [0.3, 0.4) is 0 Å². The van der Waals surface area contributed by atoms with Crippen molar-refractivity contribution in [3.63, 3.8) is 0 Å². The van der Waals surface area contributed by atoms with E-state index in [9.17, 15) is 9.59 Å². The molecular formula is C13H17N3O5S. The fourth-order valence-electron chi connectivity index (χ4n) is 1.47. The first-order valence-electron chi connectivity index (χ1n) is 6.34. The number of hydrazone groups is 1. The predicted molar refractivity (Wildman–Crippen MR) is 82.2 cm³/mol. The van der Waals surface area contributed by atoms with Gasteiger partial charge in [-0.05, 0) is 30.8 Å². The van der Waals surface area contributed by atoms with Crippen LogP contribution in [0.25, 0.3) is 0 Å². The summed E-state index contributed by atoms with van der Waals surface area (Å²) in [5.74, 6) is -0.418. The fraction of sp³-hybridized carbons (Fsp3) is 0.385. The Labute approximate surface area is 132 Å². The maximum absolute atomic E-state index is 11.6. The molecule has 0 radical (unpaired) electrons. The number of furan rings is 1. The quantitative estimate of drug-likeness (QED) is 0.324. The van der Waals surface area contributed by atoms with E-state index in [1.54, 1.807) is 12.1 Å². The van der Waals surface area contributed by atoms with Gasteiger partial charge in [0.15, 0.2) is 5.11 Å². The molecule has 120 valence electrons. The second-order valence-corrected chi connectivity index (χ2v) is 4.46. The zero-order valence-corrected chi connectivity index (χ0v) is 13.0. The minimum Gasteiger partial charge on any atom is -0.469 e. The molecule has 1 aromatic heterocycles. The van der Waals surface area contributed by atoms with Gasteiger partial charge >= 0.3 is 11.9 Å². The van der Waals surface area contributed by atoms with Crippen molar-refractivity contribution in [3.8, 4) is 0 Å². The number of nitrogens with zero attached hydrogens (tertiary/aromatic N) is 1. The first-order chi connectivity index (χ1) is 10.6. The molecule has 0 aliphatic heterocycles. The molecule has 8 nitrogen and oxygen atoms in total. The lowest BCUT2D eigenvalue weighted by Gasteiger charge is -2.16. The zero-order valence-electron chi connectivity index (χ0n) is 12.2. The Kier molecular flexibility index (Phi) is 7.62. The lowest BCUT2D eigenvalue weighted by molar-refractivity contribution is -0.144. The highest BCUT2D eigenvalue weighted by molar-refractivity contribution is 7.80. The highest BCUT2D eigenvalue weighted by Crippen LogP contribution is 2.01. The molecule has 0 saturated heterocycles. The number of hydrogen-bond acceptors (Lipinski definition) is 7. The molecule has 0 spiro atoms. The van der Waals surface area contributed by atoms with Crippen molar-refractivity contribution in [1.82, 2.24) is 10.7 Å². The lowest BCUT2D eigenvalue weighted by atomic mass is 10.1. The SMILES string of the molecule is COC(=O)CCC(NC(=S)N/N=C/c1ccco1)C(=O)OC. The standard InChI is InChI=1S/C13H17N3O5S/c1-19-11(17)6-5-10(12(18)20-2)15-13(22)16-14-8-9-4-3-7-21-9/h3-4,7-8,10H,5-6H2,1-2H3,(H2,15,16,22)/b14-8+. The number of nitrogens with one attached hydrogen (secondary N) is 2. The minimum absolute atomic E-state index is 0.0571. The van der Waals surface area contributed by atoms with Gasteiger partial charge in [-0.3, -0.25) is 10.2 Å². The molecule has 9 heteroatoms. The smallest absolute Gasteiger partial charge is 0.328 e. The van der Waals surface area contributed by atoms with Crippen LogP contribution in [0.5, 0.6) is 0 Å². The van der Waals surface area contributed by atoms with E-state index in [0.717, 1.165) is 0 Å². The summed E-state index contributed by atoms with van der Waals surface area (Å²) in [6.07, 6.45) is 3.18. The summed E-state index contributed by atoms with van der Waals surface area (Å²) in [5, 5.41) is 6.68. The topological polar surface area (TPSA) is 102 Å². The average molecular weight is 327 g/mol. The monoisotopic (exact) mass is 327 g/mol. The van der Waals surface area contributed by atoms with Gasteiger partial charge < -0.3 is 19.2 Å². The molecule has 22 heavy (non-hydrogen) atoms. The molecule has 0 saturated carbocycles. The van der Waals surface area contributed by atoms with Gasteiger partial charge in [0.1, 0.15) is 11.8 Å². The Morgan fingerprint density at radius 3 is 2.82 bits per heavy atom. The maximum Gasteiger partial charge on any atom is 0.328 e. The molecule has 0 aliphatic carbocycles. The van der Waals surface area contributed by atoms with Crippen LogP contribution in [0.15, 0.2) is 27.9 Å². The second kappa shape index (κ2) is 9.50. The molecule has 1 rings (SSSR count). The number of carbonyl (C=O) groups is 2. The molecular weight excluding hydrogens is 310 g/mol. The van der Waals surface area contributed by atoms with Crippen molar-refractivity contribution in [2.75, 3.05) is 14.2 Å². The third-order valence-electron chi connectivity index (χ3n) is 2.56. The van der Waals surface area contributed by atoms with Crippen LogP contribution < -0.4 is 10.7 Å². The van der Waals surface area contributed by atoms with Crippen LogP contribution in [0.4, 0.5) is 0 Å². The van der Waals surface area contributed by atoms with E-state index in [1.807, 2.05) is 0 Å². The van der Waals surface area contributed by atoms with E-state index in [1.165, 1.54) is 26.7 Å². The normalized spacial score (nSPS) is 11.7. The van der Waals surface area contributed by atoms with E-state index in [0.29, 0.717) is 5.76 Å². The van der Waals surface area contributed by atoms with Crippen molar-refractivity contribution in [3.05, 3.63) is 24.2 Å². The number of ether oxygens (including phenoxy) is 2. The molecule has 0 aliphatic rings. The number of esters is 2. The Morgan fingerprint density at radius 1 is 1.45 bits per heavy atom. The van der Waals surface area contributed by atoms with Gasteiger partial charge in [0.25, 0.3) is 0 Å². The van der Waals surface area contributed by atoms with Crippen molar-refractivity contribution in [2.24, 2.45) is 5.10 Å². The van der Waals surface area contributed by atoms with Crippen molar-refractivity contribution in [1.29, 1.82) is 0 Å². The van der Waals surface area contributed by atoms with Gasteiger partial charge in [-0.25, -0.2) is 4.79 Å². The van der Waals surface area contributed by atoms with E-state index in [-0.39, 0.29) is 18.0 Å². The minimum atomic E-state index is -0.775. The molecule has 1 unspecified atom stereocenters. The van der Waals surface area contributed by atoms with Gasteiger partial charge in [-0.1, -0.05) is 0 Å². The van der Waals surface area contributed by atoms with Crippen molar-refractivity contribution >= 4 is 35.5 Å². The predicted octanol–water partition coefficient (Wildman–Crippen LogP) is 0.572. The molecule has 2 N–H and O–H groups in total. The molecule has 0 bridgehead atoms. The Balaban J connectivity index is 2.47. The summed E-state index contributed by atoms with van der Waals surface area (Å²) < 4.78 is 14.2. The third-order valence-corrected chi connectivity index (χ3v) is 2.77. The van der Waals surface area contributed by atoms with E-state index < -0.39 is 18.0 Å². The summed E-state index contributed by atoms with van der Waals surface area (Å²) in [4.78, 5) is 22.8. The molecule has 1 aromatic rings. The third kappa shape index (κ3) is 6.35. The summed E-state index contributed by atoms with van der Waals surface area (Å²) in [6.45, 7) is 0. The summed E-state index contributed by atoms with van der Waals surface area (Å²) in [5.41, 5.74) is 2.54. The summed E-state index contributed by atoms with van der Waals surface area (Å²) in [6, 6.07) is 2.66. The maximum atomic E-state index is 11.6. The molecule has 0 amide bonds. The summed E-state index contributed by atoms with van der Waals surface area (Å²) in [7, 11) is 2.53. The molecule has 0 fully saturated rings. The van der Waals surface area contributed by atoms with Crippen LogP contribution in [-0.2, 0) is 19.1 Å². The molecule has 1 atom stereocenters. The largest absolute Gasteiger partial charge is 0.469 e. The Morgan fingerprint density at radius 2 is 2.23 bits per heavy atom. The van der Waals surface area contributed by atoms with Gasteiger partial charge in [0.2, 0.25) is 0 Å². The van der Waals surface area contributed by atoms with Crippen LogP contribution in [0.1, 0.15) is 18.6 Å². The Bertz CT molecular complexity index is 530. The van der Waals surface area contributed by atoms with Gasteiger partial charge in [-0.15, -0.1) is 0 Å². The van der Waals surface area contributed by atoms with Gasteiger partial charge in [0, 0.05) is 6.42 Å². The highest BCUT2D eigenvalue weighted by Gasteiger charge is 2.21. The Hall–Kier alpha value is -2.42. The van der Waals surface area contributed by atoms with Gasteiger partial charge in [-0.2, -0.15) is 5.10 Å². The number of methoxy groups -OCH3 is 2. The van der Waals surface area contributed by atoms with Crippen LogP contribution in [0.2, 0.25) is 0 Å². The van der Waals surface area contributed by atoms with E-state index in [4.69, 9.17) is 16.6 Å². The van der Waals surface area contributed by atoms with Crippen LogP contribution >= 0.6 is 12.2 Å². The number of thiocarbonyl (C=S) groups is 1. The van der Waals surface area contributed by atoms with Crippen molar-refractivity contribution < 1.29 is 23.5 Å². The number of rotatable bonds is 7.